The van der Waals surface area contributed by atoms with E-state index in [1.54, 1.807) is 26.0 Å². The zero-order valence-electron chi connectivity index (χ0n) is 15.8. The molecule has 0 radical (unpaired) electrons. The number of nitrogens with one attached hydrogen (secondary N) is 1. The van der Waals surface area contributed by atoms with Gasteiger partial charge >= 0.3 is 0 Å². The molecule has 1 N–H and O–H groups in total. The number of nitrogens with zero attached hydrogens (tertiary/aromatic N) is 3. The zero-order chi connectivity index (χ0) is 20.0. The molecule has 27 heavy (non-hydrogen) atoms. The highest BCUT2D eigenvalue weighted by Gasteiger charge is 2.18. The number of likely N-dealkylation sites (N-methyl/N-ethyl adjacent to an activating group) is 1. The van der Waals surface area contributed by atoms with Gasteiger partial charge in [-0.25, -0.2) is 18.2 Å². The van der Waals surface area contributed by atoms with Gasteiger partial charge in [-0.2, -0.15) is 0 Å². The first-order chi connectivity index (χ1) is 12.8. The Bertz CT molecular complexity index is 668. The van der Waals surface area contributed by atoms with Crippen LogP contribution in [0.15, 0.2) is 17.1 Å². The van der Waals surface area contributed by atoms with E-state index >= 15 is 0 Å². The van der Waals surface area contributed by atoms with Gasteiger partial charge in [0, 0.05) is 40.8 Å². The van der Waals surface area contributed by atoms with Crippen molar-refractivity contribution in [2.24, 2.45) is 4.99 Å². The summed E-state index contributed by atoms with van der Waals surface area (Å²) in [6, 6.07) is 1.88. The van der Waals surface area contributed by atoms with Crippen LogP contribution in [0.5, 0.6) is 0 Å². The summed E-state index contributed by atoms with van der Waals surface area (Å²) >= 11 is 0. The fourth-order valence-corrected chi connectivity index (χ4v) is 2.65. The van der Waals surface area contributed by atoms with Crippen molar-refractivity contribution in [3.05, 3.63) is 35.1 Å². The monoisotopic (exact) mass is 386 g/mol. The third-order valence-electron chi connectivity index (χ3n) is 4.20. The van der Waals surface area contributed by atoms with E-state index in [4.69, 9.17) is 4.74 Å². The average molecular weight is 386 g/mol. The molecule has 0 saturated carbocycles. The standard InChI is InChI=1S/C18H25F3N4O2/c1-24(2)16(26)10-23-18(22-9-13-5-4-6-27-13)25(3)11-12-7-14(19)17(21)15(20)8-12/h7-8,13H,4-6,9-11H2,1-3H3,(H,22,23). The molecule has 0 aliphatic carbocycles. The first-order valence-electron chi connectivity index (χ1n) is 8.72. The molecule has 1 heterocycles. The fourth-order valence-electron chi connectivity index (χ4n) is 2.65. The number of carbonyl (C=O) groups excluding carboxylic acids is 1. The number of halogens is 3. The van der Waals surface area contributed by atoms with Gasteiger partial charge in [0.1, 0.15) is 6.54 Å². The SMILES string of the molecule is CN(C)C(=O)CN=C(NCC1CCCO1)N(C)Cc1cc(F)c(F)c(F)c1. The molecular formula is C18H25F3N4O2. The van der Waals surface area contributed by atoms with Crippen LogP contribution in [0.25, 0.3) is 0 Å². The van der Waals surface area contributed by atoms with Crippen molar-refractivity contribution in [2.75, 3.05) is 40.8 Å². The summed E-state index contributed by atoms with van der Waals surface area (Å²) in [6.45, 7) is 1.23. The predicted molar refractivity (Wildman–Crippen MR) is 95.8 cm³/mol. The van der Waals surface area contributed by atoms with Crippen LogP contribution >= 0.6 is 0 Å². The van der Waals surface area contributed by atoms with Gasteiger partial charge in [-0.15, -0.1) is 0 Å². The lowest BCUT2D eigenvalue weighted by molar-refractivity contribution is -0.127. The minimum Gasteiger partial charge on any atom is -0.376 e. The Morgan fingerprint density at radius 1 is 1.26 bits per heavy atom. The van der Waals surface area contributed by atoms with E-state index in [1.807, 2.05) is 0 Å². The lowest BCUT2D eigenvalue weighted by Crippen LogP contribution is -2.42. The zero-order valence-corrected chi connectivity index (χ0v) is 15.8. The van der Waals surface area contributed by atoms with Crippen molar-refractivity contribution in [3.8, 4) is 0 Å². The number of guanidine groups is 1. The van der Waals surface area contributed by atoms with Gasteiger partial charge < -0.3 is 19.9 Å². The molecule has 1 aliphatic rings. The molecule has 9 heteroatoms. The Hall–Kier alpha value is -2.29. The molecule has 1 aromatic rings. The van der Waals surface area contributed by atoms with E-state index in [0.717, 1.165) is 25.0 Å². The maximum absolute atomic E-state index is 13.4. The highest BCUT2D eigenvalue weighted by molar-refractivity contribution is 5.84. The van der Waals surface area contributed by atoms with Crippen LogP contribution in [0.3, 0.4) is 0 Å². The predicted octanol–water partition coefficient (Wildman–Crippen LogP) is 1.75. The lowest BCUT2D eigenvalue weighted by Gasteiger charge is -2.24. The van der Waals surface area contributed by atoms with E-state index < -0.39 is 17.5 Å². The maximum atomic E-state index is 13.4. The Balaban J connectivity index is 2.09. The molecular weight excluding hydrogens is 361 g/mol. The number of amides is 1. The van der Waals surface area contributed by atoms with Crippen LogP contribution in [-0.4, -0.2) is 68.6 Å². The second kappa shape index (κ2) is 9.59. The third kappa shape index (κ3) is 6.13. The van der Waals surface area contributed by atoms with Crippen molar-refractivity contribution in [1.29, 1.82) is 0 Å². The molecule has 1 amide bonds. The van der Waals surface area contributed by atoms with Crippen molar-refractivity contribution >= 4 is 11.9 Å². The van der Waals surface area contributed by atoms with E-state index in [2.05, 4.69) is 10.3 Å². The van der Waals surface area contributed by atoms with E-state index in [0.29, 0.717) is 19.1 Å². The summed E-state index contributed by atoms with van der Waals surface area (Å²) in [5.41, 5.74) is 0.249. The third-order valence-corrected chi connectivity index (χ3v) is 4.20. The summed E-state index contributed by atoms with van der Waals surface area (Å²) in [5, 5.41) is 3.14. The fraction of sp³-hybridized carbons (Fsp3) is 0.556. The molecule has 1 unspecified atom stereocenters. The summed E-state index contributed by atoms with van der Waals surface area (Å²) in [7, 11) is 4.93. The topological polar surface area (TPSA) is 57.2 Å². The molecule has 0 aromatic heterocycles. The van der Waals surface area contributed by atoms with Crippen LogP contribution in [0.1, 0.15) is 18.4 Å². The lowest BCUT2D eigenvalue weighted by atomic mass is 10.2. The minimum absolute atomic E-state index is 0.0499. The first kappa shape index (κ1) is 21.0. The van der Waals surface area contributed by atoms with Gasteiger partial charge in [0.25, 0.3) is 0 Å². The molecule has 1 aromatic carbocycles. The molecule has 6 nitrogen and oxygen atoms in total. The van der Waals surface area contributed by atoms with Gasteiger partial charge in [0.2, 0.25) is 5.91 Å². The van der Waals surface area contributed by atoms with Gasteiger partial charge in [0.15, 0.2) is 23.4 Å². The normalized spacial score (nSPS) is 17.1. The van der Waals surface area contributed by atoms with Gasteiger partial charge in [0.05, 0.1) is 6.10 Å². The summed E-state index contributed by atoms with van der Waals surface area (Å²) in [5.74, 6) is -3.77. The maximum Gasteiger partial charge on any atom is 0.243 e. The Labute approximate surface area is 157 Å². The molecule has 2 rings (SSSR count). The summed E-state index contributed by atoms with van der Waals surface area (Å²) in [6.07, 6.45) is 1.96. The molecule has 1 atom stereocenters. The number of aliphatic imine (C=N–C) groups is 1. The van der Waals surface area contributed by atoms with Crippen LogP contribution in [0, 0.1) is 17.5 Å². The van der Waals surface area contributed by atoms with E-state index in [1.165, 1.54) is 4.90 Å². The highest BCUT2D eigenvalue weighted by atomic mass is 19.2. The molecule has 150 valence electrons. The molecule has 0 spiro atoms. The number of hydrogen-bond donors (Lipinski definition) is 1. The minimum atomic E-state index is -1.50. The van der Waals surface area contributed by atoms with Crippen molar-refractivity contribution in [3.63, 3.8) is 0 Å². The van der Waals surface area contributed by atoms with Gasteiger partial charge in [-0.05, 0) is 30.5 Å². The Morgan fingerprint density at radius 2 is 1.93 bits per heavy atom. The number of hydrogen-bond acceptors (Lipinski definition) is 3. The summed E-state index contributed by atoms with van der Waals surface area (Å²) in [4.78, 5) is 19.1. The second-order valence-electron chi connectivity index (χ2n) is 6.67. The van der Waals surface area contributed by atoms with Crippen molar-refractivity contribution in [2.45, 2.75) is 25.5 Å². The van der Waals surface area contributed by atoms with Crippen molar-refractivity contribution in [1.82, 2.24) is 15.1 Å². The number of rotatable bonds is 6. The quantitative estimate of drug-likeness (QED) is 0.460. The molecule has 0 bridgehead atoms. The van der Waals surface area contributed by atoms with Crippen LogP contribution in [0.4, 0.5) is 13.2 Å². The van der Waals surface area contributed by atoms with E-state index in [-0.39, 0.29) is 30.7 Å². The second-order valence-corrected chi connectivity index (χ2v) is 6.67. The van der Waals surface area contributed by atoms with Gasteiger partial charge in [-0.3, -0.25) is 4.79 Å². The number of benzene rings is 1. The Kier molecular flexibility index (Phi) is 7.46. The molecule has 1 fully saturated rings. The summed E-state index contributed by atoms with van der Waals surface area (Å²) < 4.78 is 45.6. The van der Waals surface area contributed by atoms with Crippen molar-refractivity contribution < 1.29 is 22.7 Å². The van der Waals surface area contributed by atoms with Crippen LogP contribution in [0.2, 0.25) is 0 Å². The van der Waals surface area contributed by atoms with Crippen LogP contribution < -0.4 is 5.32 Å². The first-order valence-corrected chi connectivity index (χ1v) is 8.72. The largest absolute Gasteiger partial charge is 0.376 e. The highest BCUT2D eigenvalue weighted by Crippen LogP contribution is 2.15. The van der Waals surface area contributed by atoms with Crippen LogP contribution in [-0.2, 0) is 16.1 Å². The Morgan fingerprint density at radius 3 is 2.48 bits per heavy atom. The molecule has 1 aliphatic heterocycles. The molecule has 1 saturated heterocycles. The number of carbonyl (C=O) groups is 1. The number of ether oxygens (including phenoxy) is 1. The van der Waals surface area contributed by atoms with Gasteiger partial charge in [-0.1, -0.05) is 0 Å². The van der Waals surface area contributed by atoms with E-state index in [9.17, 15) is 18.0 Å². The smallest absolute Gasteiger partial charge is 0.243 e. The average Bonchev–Trinajstić information content (AvgIpc) is 3.12.